The Morgan fingerprint density at radius 2 is 1.33 bits per heavy atom. The fourth-order valence-corrected chi connectivity index (χ4v) is 2.90. The Balaban J connectivity index is 2.14. The Morgan fingerprint density at radius 3 is 1.83 bits per heavy atom. The van der Waals surface area contributed by atoms with Crippen molar-refractivity contribution in [1.82, 2.24) is 4.98 Å². The first-order valence-electron chi connectivity index (χ1n) is 7.61. The molecular formula is C19H17N4O+. The summed E-state index contributed by atoms with van der Waals surface area (Å²) < 4.78 is 7.37. The standard InChI is InChI=1S/C19H16N4O/c1-24-15-6-4-14(5-7-15)23-18-10-12(20)2-8-16(18)22-17-9-3-13(21)11-19(17)23/h2-11H,1H3,(H3,20,21)/p+1. The second-order valence-electron chi connectivity index (χ2n) is 5.64. The Kier molecular flexibility index (Phi) is 3.20. The quantitative estimate of drug-likeness (QED) is 0.338. The van der Waals surface area contributed by atoms with E-state index < -0.39 is 0 Å². The van der Waals surface area contributed by atoms with Crippen LogP contribution in [0.3, 0.4) is 0 Å². The first-order chi connectivity index (χ1) is 11.7. The molecule has 5 nitrogen and oxygen atoms in total. The average molecular weight is 317 g/mol. The highest BCUT2D eigenvalue weighted by molar-refractivity contribution is 5.85. The van der Waals surface area contributed by atoms with E-state index in [0.717, 1.165) is 33.5 Å². The van der Waals surface area contributed by atoms with Crippen molar-refractivity contribution in [2.45, 2.75) is 0 Å². The number of nitrogens with zero attached hydrogens (tertiary/aromatic N) is 2. The van der Waals surface area contributed by atoms with Gasteiger partial charge in [-0.1, -0.05) is 0 Å². The molecule has 118 valence electrons. The first-order valence-corrected chi connectivity index (χ1v) is 7.61. The van der Waals surface area contributed by atoms with Gasteiger partial charge in [-0.3, -0.25) is 0 Å². The maximum absolute atomic E-state index is 6.00. The number of nitrogens with two attached hydrogens (primary N) is 2. The zero-order valence-electron chi connectivity index (χ0n) is 13.2. The number of methoxy groups -OCH3 is 1. The first kappa shape index (κ1) is 14.3. The SMILES string of the molecule is COc1ccc(-[n+]2c3cc(N)ccc3nc3ccc(N)cc32)cc1. The van der Waals surface area contributed by atoms with Crippen LogP contribution in [-0.4, -0.2) is 12.1 Å². The summed E-state index contributed by atoms with van der Waals surface area (Å²) in [5, 5.41) is 0. The molecule has 0 saturated carbocycles. The summed E-state index contributed by atoms with van der Waals surface area (Å²) in [6.07, 6.45) is 0. The van der Waals surface area contributed by atoms with Gasteiger partial charge in [0.2, 0.25) is 16.7 Å². The molecule has 1 heterocycles. The van der Waals surface area contributed by atoms with E-state index in [1.807, 2.05) is 60.7 Å². The minimum absolute atomic E-state index is 0.690. The number of fused-ring (bicyclic) bond motifs is 2. The molecule has 4 aromatic rings. The largest absolute Gasteiger partial charge is 0.497 e. The highest BCUT2D eigenvalue weighted by Gasteiger charge is 2.20. The average Bonchev–Trinajstić information content (AvgIpc) is 2.60. The van der Waals surface area contributed by atoms with E-state index in [-0.39, 0.29) is 0 Å². The monoisotopic (exact) mass is 317 g/mol. The van der Waals surface area contributed by atoms with Crippen molar-refractivity contribution < 1.29 is 9.30 Å². The molecule has 0 fully saturated rings. The van der Waals surface area contributed by atoms with E-state index in [2.05, 4.69) is 4.57 Å². The summed E-state index contributed by atoms with van der Waals surface area (Å²) in [6.45, 7) is 0. The summed E-state index contributed by atoms with van der Waals surface area (Å²) >= 11 is 0. The van der Waals surface area contributed by atoms with Crippen LogP contribution >= 0.6 is 0 Å². The van der Waals surface area contributed by atoms with Crippen molar-refractivity contribution in [2.75, 3.05) is 18.6 Å². The Morgan fingerprint density at radius 1 is 0.792 bits per heavy atom. The Hall–Kier alpha value is -3.34. The van der Waals surface area contributed by atoms with Crippen molar-refractivity contribution in [3.8, 4) is 11.4 Å². The Bertz CT molecular complexity index is 998. The third-order valence-electron chi connectivity index (χ3n) is 4.05. The molecule has 0 spiro atoms. The van der Waals surface area contributed by atoms with Gasteiger partial charge in [0.05, 0.1) is 7.11 Å². The van der Waals surface area contributed by atoms with Crippen molar-refractivity contribution in [1.29, 1.82) is 0 Å². The fraction of sp³-hybridized carbons (Fsp3) is 0.0526. The fourth-order valence-electron chi connectivity index (χ4n) is 2.90. The zero-order valence-corrected chi connectivity index (χ0v) is 13.2. The summed E-state index contributed by atoms with van der Waals surface area (Å²) in [6, 6.07) is 19.3. The topological polar surface area (TPSA) is 78.0 Å². The van der Waals surface area contributed by atoms with Crippen LogP contribution in [0.2, 0.25) is 0 Å². The van der Waals surface area contributed by atoms with Crippen LogP contribution in [0.1, 0.15) is 0 Å². The number of nitrogen functional groups attached to an aromatic ring is 2. The normalized spacial score (nSPS) is 11.0. The molecular weight excluding hydrogens is 300 g/mol. The minimum atomic E-state index is 0.690. The number of aromatic nitrogens is 2. The van der Waals surface area contributed by atoms with Crippen LogP contribution in [-0.2, 0) is 0 Å². The molecule has 0 bridgehead atoms. The number of anilines is 2. The lowest BCUT2D eigenvalue weighted by Crippen LogP contribution is -2.33. The predicted molar refractivity (Wildman–Crippen MR) is 96.2 cm³/mol. The van der Waals surface area contributed by atoms with Crippen molar-refractivity contribution in [2.24, 2.45) is 0 Å². The van der Waals surface area contributed by atoms with Crippen molar-refractivity contribution >= 4 is 33.4 Å². The third-order valence-corrected chi connectivity index (χ3v) is 4.05. The van der Waals surface area contributed by atoms with E-state index >= 15 is 0 Å². The van der Waals surface area contributed by atoms with Gasteiger partial charge in [-0.15, -0.1) is 4.57 Å². The molecule has 0 aliphatic heterocycles. The molecule has 1 aromatic heterocycles. The molecule has 24 heavy (non-hydrogen) atoms. The van der Waals surface area contributed by atoms with E-state index in [4.69, 9.17) is 21.2 Å². The van der Waals surface area contributed by atoms with Crippen LogP contribution in [0.15, 0.2) is 60.7 Å². The van der Waals surface area contributed by atoms with Crippen LogP contribution in [0.25, 0.3) is 27.8 Å². The molecule has 4 rings (SSSR count). The lowest BCUT2D eigenvalue weighted by Gasteiger charge is -2.07. The van der Waals surface area contributed by atoms with Crippen LogP contribution < -0.4 is 20.8 Å². The molecule has 4 N–H and O–H groups in total. The molecule has 5 heteroatoms. The van der Waals surface area contributed by atoms with Crippen molar-refractivity contribution in [3.63, 3.8) is 0 Å². The van der Waals surface area contributed by atoms with Gasteiger partial charge in [0.1, 0.15) is 16.8 Å². The van der Waals surface area contributed by atoms with E-state index in [9.17, 15) is 0 Å². The lowest BCUT2D eigenvalue weighted by atomic mass is 10.2. The van der Waals surface area contributed by atoms with E-state index in [1.165, 1.54) is 0 Å². The van der Waals surface area contributed by atoms with Gasteiger partial charge in [-0.25, -0.2) is 4.98 Å². The van der Waals surface area contributed by atoms with Gasteiger partial charge in [-0.05, 0) is 36.4 Å². The molecule has 3 aromatic carbocycles. The highest BCUT2D eigenvalue weighted by atomic mass is 16.5. The van der Waals surface area contributed by atoms with E-state index in [0.29, 0.717) is 11.4 Å². The number of hydrogen-bond acceptors (Lipinski definition) is 4. The number of hydrogen-bond donors (Lipinski definition) is 2. The van der Waals surface area contributed by atoms with Gasteiger partial charge >= 0.3 is 0 Å². The number of benzene rings is 3. The molecule has 0 aliphatic rings. The summed E-state index contributed by atoms with van der Waals surface area (Å²) in [5.41, 5.74) is 18.0. The van der Waals surface area contributed by atoms with Gasteiger partial charge in [0.15, 0.2) is 0 Å². The van der Waals surface area contributed by atoms with Gasteiger partial charge < -0.3 is 16.2 Å². The Labute approximate surface area is 139 Å². The van der Waals surface area contributed by atoms with Gasteiger partial charge in [-0.2, -0.15) is 0 Å². The summed E-state index contributed by atoms with van der Waals surface area (Å²) in [7, 11) is 1.65. The smallest absolute Gasteiger partial charge is 0.239 e. The maximum atomic E-state index is 6.00. The molecule has 0 atom stereocenters. The zero-order chi connectivity index (χ0) is 16.7. The van der Waals surface area contributed by atoms with Crippen LogP contribution in [0, 0.1) is 0 Å². The highest BCUT2D eigenvalue weighted by Crippen LogP contribution is 2.22. The second kappa shape index (κ2) is 5.38. The molecule has 0 saturated heterocycles. The van der Waals surface area contributed by atoms with Gasteiger partial charge in [0.25, 0.3) is 0 Å². The van der Waals surface area contributed by atoms with Crippen molar-refractivity contribution in [3.05, 3.63) is 60.7 Å². The molecule has 0 unspecified atom stereocenters. The minimum Gasteiger partial charge on any atom is -0.497 e. The second-order valence-corrected chi connectivity index (χ2v) is 5.64. The summed E-state index contributed by atoms with van der Waals surface area (Å²) in [5.74, 6) is 0.807. The predicted octanol–water partition coefficient (Wildman–Crippen LogP) is 2.84. The third kappa shape index (κ3) is 2.27. The lowest BCUT2D eigenvalue weighted by molar-refractivity contribution is -0.538. The van der Waals surface area contributed by atoms with E-state index in [1.54, 1.807) is 7.11 Å². The maximum Gasteiger partial charge on any atom is 0.239 e. The van der Waals surface area contributed by atoms with Gasteiger partial charge in [0, 0.05) is 35.6 Å². The molecule has 0 amide bonds. The molecule has 0 radical (unpaired) electrons. The number of ether oxygens (including phenoxy) is 1. The molecule has 0 aliphatic carbocycles. The van der Waals surface area contributed by atoms with Crippen LogP contribution in [0.5, 0.6) is 5.75 Å². The number of rotatable bonds is 2. The summed E-state index contributed by atoms with van der Waals surface area (Å²) in [4.78, 5) is 4.72. The van der Waals surface area contributed by atoms with Crippen LogP contribution in [0.4, 0.5) is 11.4 Å².